The van der Waals surface area contributed by atoms with Crippen LogP contribution in [0.15, 0.2) is 48.5 Å². The second-order valence-electron chi connectivity index (χ2n) is 5.88. The van der Waals surface area contributed by atoms with Gasteiger partial charge in [-0.1, -0.05) is 24.3 Å². The first-order chi connectivity index (χ1) is 13.7. The lowest BCUT2D eigenvalue weighted by molar-refractivity contribution is 0.371. The minimum absolute atomic E-state index is 0.226. The van der Waals surface area contributed by atoms with E-state index >= 15 is 0 Å². The van der Waals surface area contributed by atoms with Gasteiger partial charge in [-0.2, -0.15) is 9.97 Å². The molecule has 0 radical (unpaired) electrons. The second kappa shape index (κ2) is 7.47. The van der Waals surface area contributed by atoms with Gasteiger partial charge in [0.25, 0.3) is 11.8 Å². The molecule has 0 unspecified atom stereocenters. The van der Waals surface area contributed by atoms with E-state index in [-0.39, 0.29) is 17.6 Å². The number of methoxy groups -OCH3 is 2. The number of rotatable bonds is 6. The molecule has 1 N–H and O–H groups in total. The fourth-order valence-electron chi connectivity index (χ4n) is 2.82. The van der Waals surface area contributed by atoms with Crippen molar-refractivity contribution in [2.24, 2.45) is 0 Å². The molecule has 4 aromatic rings. The molecule has 28 heavy (non-hydrogen) atoms. The zero-order valence-electron chi connectivity index (χ0n) is 15.3. The maximum Gasteiger partial charge on any atom is 0.304 e. The molecular formula is C19H17FN6O2. The van der Waals surface area contributed by atoms with Gasteiger partial charge in [0.15, 0.2) is 5.82 Å². The Bertz CT molecular complexity index is 1130. The fraction of sp³-hybridized carbons (Fsp3) is 0.158. The van der Waals surface area contributed by atoms with Crippen LogP contribution in [0.3, 0.4) is 0 Å². The molecule has 9 heteroatoms. The standard InChI is InChI=1S/C19H17FN6O2/c1-27-17-16(21-11-12-6-5-7-13(20)10-12)23-18(25-24-17)26-15-9-4-3-8-14(15)22-19(26)28-2/h3-10H,11H2,1-2H3,(H,21,23,25). The third kappa shape index (κ3) is 3.29. The van der Waals surface area contributed by atoms with Crippen molar-refractivity contribution in [3.05, 3.63) is 59.9 Å². The highest BCUT2D eigenvalue weighted by Gasteiger charge is 2.18. The van der Waals surface area contributed by atoms with Crippen molar-refractivity contribution in [1.82, 2.24) is 24.7 Å². The molecule has 0 atom stereocenters. The van der Waals surface area contributed by atoms with Crippen LogP contribution < -0.4 is 14.8 Å². The highest BCUT2D eigenvalue weighted by Crippen LogP contribution is 2.26. The molecule has 0 bridgehead atoms. The number of imidazole rings is 1. The number of nitrogens with zero attached hydrogens (tertiary/aromatic N) is 5. The van der Waals surface area contributed by atoms with Gasteiger partial charge in [-0.3, -0.25) is 0 Å². The molecule has 0 saturated heterocycles. The maximum absolute atomic E-state index is 13.4. The fourth-order valence-corrected chi connectivity index (χ4v) is 2.82. The summed E-state index contributed by atoms with van der Waals surface area (Å²) in [7, 11) is 3.00. The van der Waals surface area contributed by atoms with Gasteiger partial charge in [-0.25, -0.2) is 8.96 Å². The van der Waals surface area contributed by atoms with Gasteiger partial charge in [0.05, 0.1) is 25.3 Å². The predicted octanol–water partition coefficient (Wildman–Crippen LogP) is 2.98. The smallest absolute Gasteiger partial charge is 0.304 e. The lowest BCUT2D eigenvalue weighted by Gasteiger charge is -2.11. The molecular weight excluding hydrogens is 363 g/mol. The average Bonchev–Trinajstić information content (AvgIpc) is 3.11. The highest BCUT2D eigenvalue weighted by molar-refractivity contribution is 5.78. The van der Waals surface area contributed by atoms with Gasteiger partial charge >= 0.3 is 6.01 Å². The summed E-state index contributed by atoms with van der Waals surface area (Å²) in [6.07, 6.45) is 0. The summed E-state index contributed by atoms with van der Waals surface area (Å²) in [6, 6.07) is 14.2. The summed E-state index contributed by atoms with van der Waals surface area (Å²) in [4.78, 5) is 8.94. The number of benzene rings is 2. The van der Waals surface area contributed by atoms with E-state index in [1.807, 2.05) is 30.3 Å². The molecule has 4 rings (SSSR count). The normalized spacial score (nSPS) is 10.8. The Morgan fingerprint density at radius 3 is 2.64 bits per heavy atom. The SMILES string of the molecule is COc1nnc(-n2c(OC)nc3ccccc32)nc1NCc1cccc(F)c1. The van der Waals surface area contributed by atoms with Crippen molar-refractivity contribution in [1.29, 1.82) is 0 Å². The molecule has 0 aliphatic heterocycles. The Labute approximate surface area is 160 Å². The van der Waals surface area contributed by atoms with E-state index in [0.29, 0.717) is 18.4 Å². The van der Waals surface area contributed by atoms with Gasteiger partial charge in [-0.05, 0) is 29.8 Å². The third-order valence-corrected chi connectivity index (χ3v) is 4.10. The minimum atomic E-state index is -0.303. The Kier molecular flexibility index (Phi) is 4.71. The monoisotopic (exact) mass is 380 g/mol. The maximum atomic E-state index is 13.4. The molecule has 2 heterocycles. The van der Waals surface area contributed by atoms with Crippen LogP contribution >= 0.6 is 0 Å². The van der Waals surface area contributed by atoms with Crippen LogP contribution in [0, 0.1) is 5.82 Å². The summed E-state index contributed by atoms with van der Waals surface area (Å²) < 4.78 is 25.7. The molecule has 0 aliphatic carbocycles. The van der Waals surface area contributed by atoms with Gasteiger partial charge in [0.1, 0.15) is 5.82 Å². The Morgan fingerprint density at radius 2 is 1.86 bits per heavy atom. The second-order valence-corrected chi connectivity index (χ2v) is 5.88. The van der Waals surface area contributed by atoms with Crippen molar-refractivity contribution in [2.45, 2.75) is 6.54 Å². The molecule has 0 amide bonds. The summed E-state index contributed by atoms with van der Waals surface area (Å²) in [5, 5.41) is 11.3. The van der Waals surface area contributed by atoms with Crippen LogP contribution in [-0.2, 0) is 6.54 Å². The van der Waals surface area contributed by atoms with Gasteiger partial charge in [0.2, 0.25) is 0 Å². The number of fused-ring (bicyclic) bond motifs is 1. The number of aromatic nitrogens is 5. The van der Waals surface area contributed by atoms with E-state index in [2.05, 4.69) is 25.5 Å². The predicted molar refractivity (Wildman–Crippen MR) is 101 cm³/mol. The van der Waals surface area contributed by atoms with E-state index < -0.39 is 0 Å². The Balaban J connectivity index is 1.73. The van der Waals surface area contributed by atoms with E-state index in [0.717, 1.165) is 16.6 Å². The quantitative estimate of drug-likeness (QED) is 0.550. The number of hydrogen-bond acceptors (Lipinski definition) is 7. The number of ether oxygens (including phenoxy) is 2. The van der Waals surface area contributed by atoms with Gasteiger partial charge in [0, 0.05) is 6.54 Å². The number of nitrogens with one attached hydrogen (secondary N) is 1. The van der Waals surface area contributed by atoms with Crippen LogP contribution in [-0.4, -0.2) is 39.0 Å². The van der Waals surface area contributed by atoms with Crippen molar-refractivity contribution < 1.29 is 13.9 Å². The molecule has 8 nitrogen and oxygen atoms in total. The average molecular weight is 380 g/mol. The Hall–Kier alpha value is -3.75. The van der Waals surface area contributed by atoms with Crippen molar-refractivity contribution >= 4 is 16.9 Å². The molecule has 2 aromatic heterocycles. The van der Waals surface area contributed by atoms with E-state index in [9.17, 15) is 4.39 Å². The zero-order valence-corrected chi connectivity index (χ0v) is 15.3. The Morgan fingerprint density at radius 1 is 1.00 bits per heavy atom. The molecule has 142 valence electrons. The van der Waals surface area contributed by atoms with Gasteiger partial charge in [-0.15, -0.1) is 10.2 Å². The molecule has 0 fully saturated rings. The summed E-state index contributed by atoms with van der Waals surface area (Å²) >= 11 is 0. The first-order valence-electron chi connectivity index (χ1n) is 8.48. The summed E-state index contributed by atoms with van der Waals surface area (Å²) in [6.45, 7) is 0.341. The van der Waals surface area contributed by atoms with Crippen molar-refractivity contribution in [3.63, 3.8) is 0 Å². The molecule has 2 aromatic carbocycles. The van der Waals surface area contributed by atoms with E-state index in [4.69, 9.17) is 9.47 Å². The number of hydrogen-bond donors (Lipinski definition) is 1. The van der Waals surface area contributed by atoms with Crippen LogP contribution in [0.2, 0.25) is 0 Å². The van der Waals surface area contributed by atoms with Crippen molar-refractivity contribution in [2.75, 3.05) is 19.5 Å². The van der Waals surface area contributed by atoms with E-state index in [1.165, 1.54) is 26.4 Å². The topological polar surface area (TPSA) is 87.0 Å². The molecule has 0 spiro atoms. The summed E-state index contributed by atoms with van der Waals surface area (Å²) in [5.41, 5.74) is 2.28. The van der Waals surface area contributed by atoms with Crippen LogP contribution in [0.4, 0.5) is 10.2 Å². The minimum Gasteiger partial charge on any atom is -0.477 e. The van der Waals surface area contributed by atoms with Gasteiger partial charge < -0.3 is 14.8 Å². The van der Waals surface area contributed by atoms with E-state index in [1.54, 1.807) is 10.6 Å². The van der Waals surface area contributed by atoms with Crippen molar-refractivity contribution in [3.8, 4) is 17.8 Å². The lowest BCUT2D eigenvalue weighted by Crippen LogP contribution is -2.11. The number of para-hydroxylation sites is 2. The first-order valence-corrected chi connectivity index (χ1v) is 8.48. The molecule has 0 aliphatic rings. The summed E-state index contributed by atoms with van der Waals surface area (Å²) in [5.74, 6) is 0.565. The lowest BCUT2D eigenvalue weighted by atomic mass is 10.2. The first kappa shape index (κ1) is 17.7. The third-order valence-electron chi connectivity index (χ3n) is 4.10. The highest BCUT2D eigenvalue weighted by atomic mass is 19.1. The van der Waals surface area contributed by atoms with Crippen LogP contribution in [0.1, 0.15) is 5.56 Å². The van der Waals surface area contributed by atoms with Crippen LogP contribution in [0.5, 0.6) is 11.9 Å². The molecule has 0 saturated carbocycles. The largest absolute Gasteiger partial charge is 0.477 e. The van der Waals surface area contributed by atoms with Crippen LogP contribution in [0.25, 0.3) is 17.0 Å². The number of halogens is 1. The number of anilines is 1. The zero-order chi connectivity index (χ0) is 19.5.